The van der Waals surface area contributed by atoms with Gasteiger partial charge in [-0.2, -0.15) is 0 Å². The van der Waals surface area contributed by atoms with Gasteiger partial charge in [-0.15, -0.1) is 0 Å². The summed E-state index contributed by atoms with van der Waals surface area (Å²) in [5.41, 5.74) is 0.327. The minimum absolute atomic E-state index is 0.0775. The van der Waals surface area contributed by atoms with Gasteiger partial charge in [0.25, 0.3) is 0 Å². The number of pyridine rings is 1. The molecule has 1 aromatic carbocycles. The van der Waals surface area contributed by atoms with E-state index in [1.807, 2.05) is 0 Å². The monoisotopic (exact) mass is 382 g/mol. The number of carbonyl (C=O) groups excluding carboxylic acids is 1. The van der Waals surface area contributed by atoms with E-state index in [-0.39, 0.29) is 28.6 Å². The molecule has 0 radical (unpaired) electrons. The van der Waals surface area contributed by atoms with Gasteiger partial charge >= 0.3 is 6.16 Å². The summed E-state index contributed by atoms with van der Waals surface area (Å²) < 4.78 is 11.7. The third kappa shape index (κ3) is 3.25. The lowest BCUT2D eigenvalue weighted by Crippen LogP contribution is -2.16. The summed E-state index contributed by atoms with van der Waals surface area (Å²) in [4.78, 5) is 24.6. The summed E-state index contributed by atoms with van der Waals surface area (Å²) in [6.45, 7) is 0. The topological polar surface area (TPSA) is 99.4 Å². The van der Waals surface area contributed by atoms with Gasteiger partial charge in [0.2, 0.25) is 11.8 Å². The number of aromatic hydroxyl groups is 1. The number of ether oxygens (including phenoxy) is 2. The zero-order valence-electron chi connectivity index (χ0n) is 13.6. The fourth-order valence-electron chi connectivity index (χ4n) is 2.46. The van der Waals surface area contributed by atoms with E-state index < -0.39 is 6.16 Å². The molecule has 0 spiro atoms. The van der Waals surface area contributed by atoms with Crippen LogP contribution in [0, 0.1) is 0 Å². The fourth-order valence-corrected chi connectivity index (χ4v) is 2.57. The Morgan fingerprint density at radius 1 is 0.963 bits per heavy atom. The first-order valence-electron chi connectivity index (χ1n) is 7.74. The van der Waals surface area contributed by atoms with Gasteiger partial charge in [0.15, 0.2) is 11.0 Å². The van der Waals surface area contributed by atoms with Crippen molar-refractivity contribution in [1.82, 2.24) is 19.5 Å². The number of halogens is 1. The molecule has 0 fully saturated rings. The molecule has 0 saturated heterocycles. The van der Waals surface area contributed by atoms with Gasteiger partial charge in [0.05, 0.1) is 5.02 Å². The maximum atomic E-state index is 12.2. The first-order valence-corrected chi connectivity index (χ1v) is 8.12. The molecule has 4 aromatic rings. The lowest BCUT2D eigenvalue weighted by molar-refractivity contribution is 0.149. The van der Waals surface area contributed by atoms with Gasteiger partial charge in [-0.25, -0.2) is 24.3 Å². The SMILES string of the molecule is O=C(Oc1ccccc1)Oc1c2nccnc2c(O)n1-c1ccc(Cl)cn1. The molecule has 3 aromatic heterocycles. The number of para-hydroxylation sites is 1. The van der Waals surface area contributed by atoms with Crippen LogP contribution in [0.25, 0.3) is 16.9 Å². The Bertz CT molecular complexity index is 1110. The van der Waals surface area contributed by atoms with Crippen LogP contribution in [0.5, 0.6) is 17.5 Å². The Morgan fingerprint density at radius 3 is 2.41 bits per heavy atom. The van der Waals surface area contributed by atoms with Crippen LogP contribution in [-0.4, -0.2) is 30.8 Å². The number of nitrogens with zero attached hydrogens (tertiary/aromatic N) is 4. The molecule has 0 aliphatic rings. The molecule has 0 aliphatic carbocycles. The molecular weight excluding hydrogens is 372 g/mol. The van der Waals surface area contributed by atoms with E-state index in [1.54, 1.807) is 42.5 Å². The van der Waals surface area contributed by atoms with Crippen LogP contribution in [0.3, 0.4) is 0 Å². The van der Waals surface area contributed by atoms with Crippen molar-refractivity contribution >= 4 is 28.8 Å². The van der Waals surface area contributed by atoms with Crippen molar-refractivity contribution < 1.29 is 19.4 Å². The number of aromatic nitrogens is 4. The number of hydrogen-bond donors (Lipinski definition) is 1. The molecule has 8 nitrogen and oxygen atoms in total. The second-order valence-electron chi connectivity index (χ2n) is 5.32. The van der Waals surface area contributed by atoms with Crippen molar-refractivity contribution in [3.8, 4) is 23.3 Å². The van der Waals surface area contributed by atoms with Crippen molar-refractivity contribution in [2.45, 2.75) is 0 Å². The van der Waals surface area contributed by atoms with Crippen LogP contribution in [0.15, 0.2) is 61.1 Å². The maximum Gasteiger partial charge on any atom is 0.520 e. The normalized spacial score (nSPS) is 10.7. The van der Waals surface area contributed by atoms with Crippen LogP contribution in [-0.2, 0) is 0 Å². The molecule has 1 N–H and O–H groups in total. The van der Waals surface area contributed by atoms with Gasteiger partial charge in [-0.3, -0.25) is 0 Å². The average Bonchev–Trinajstić information content (AvgIpc) is 2.96. The van der Waals surface area contributed by atoms with E-state index >= 15 is 0 Å². The zero-order chi connectivity index (χ0) is 18.8. The number of rotatable bonds is 3. The van der Waals surface area contributed by atoms with Crippen LogP contribution in [0.1, 0.15) is 0 Å². The number of hydrogen-bond acceptors (Lipinski definition) is 7. The van der Waals surface area contributed by atoms with Crippen molar-refractivity contribution in [1.29, 1.82) is 0 Å². The summed E-state index contributed by atoms with van der Waals surface area (Å²) in [5.74, 6) is 0.214. The molecule has 0 amide bonds. The quantitative estimate of drug-likeness (QED) is 0.425. The second kappa shape index (κ2) is 6.93. The summed E-state index contributed by atoms with van der Waals surface area (Å²) in [7, 11) is 0. The third-order valence-corrected chi connectivity index (χ3v) is 3.82. The minimum atomic E-state index is -0.999. The number of fused-ring (bicyclic) bond motifs is 1. The molecule has 0 atom stereocenters. The second-order valence-corrected chi connectivity index (χ2v) is 5.76. The van der Waals surface area contributed by atoms with Gasteiger partial charge in [0, 0.05) is 18.6 Å². The average molecular weight is 383 g/mol. The fraction of sp³-hybridized carbons (Fsp3) is 0. The van der Waals surface area contributed by atoms with Crippen molar-refractivity contribution in [3.63, 3.8) is 0 Å². The van der Waals surface area contributed by atoms with Crippen LogP contribution < -0.4 is 9.47 Å². The molecule has 134 valence electrons. The molecule has 0 unspecified atom stereocenters. The first kappa shape index (κ1) is 16.8. The van der Waals surface area contributed by atoms with E-state index in [0.29, 0.717) is 10.8 Å². The van der Waals surface area contributed by atoms with E-state index in [1.165, 1.54) is 23.2 Å². The predicted octanol–water partition coefficient (Wildman–Crippen LogP) is 3.75. The summed E-state index contributed by atoms with van der Waals surface area (Å²) >= 11 is 5.87. The zero-order valence-corrected chi connectivity index (χ0v) is 14.4. The Kier molecular flexibility index (Phi) is 4.31. The first-order chi connectivity index (χ1) is 13.1. The van der Waals surface area contributed by atoms with E-state index in [4.69, 9.17) is 21.1 Å². The van der Waals surface area contributed by atoms with Crippen molar-refractivity contribution in [3.05, 3.63) is 66.1 Å². The predicted molar refractivity (Wildman–Crippen MR) is 96.4 cm³/mol. The highest BCUT2D eigenvalue weighted by Crippen LogP contribution is 2.36. The Balaban J connectivity index is 1.77. The lowest BCUT2D eigenvalue weighted by atomic mass is 10.3. The molecule has 0 saturated carbocycles. The standard InChI is InChI=1S/C18H11ClN4O4/c19-11-6-7-13(22-10-11)23-16(24)14-15(21-9-8-20-14)17(23)27-18(25)26-12-4-2-1-3-5-12/h1-10,24H. The van der Waals surface area contributed by atoms with Crippen LogP contribution in [0.2, 0.25) is 5.02 Å². The van der Waals surface area contributed by atoms with Gasteiger partial charge in [0.1, 0.15) is 11.6 Å². The number of benzene rings is 1. The van der Waals surface area contributed by atoms with Gasteiger partial charge in [-0.1, -0.05) is 29.8 Å². The molecule has 9 heteroatoms. The molecule has 3 heterocycles. The molecule has 0 bridgehead atoms. The Morgan fingerprint density at radius 2 is 1.70 bits per heavy atom. The Hall–Kier alpha value is -3.65. The highest BCUT2D eigenvalue weighted by molar-refractivity contribution is 6.30. The van der Waals surface area contributed by atoms with Gasteiger partial charge in [-0.05, 0) is 24.3 Å². The third-order valence-electron chi connectivity index (χ3n) is 3.59. The molecule has 4 rings (SSSR count). The van der Waals surface area contributed by atoms with E-state index in [9.17, 15) is 9.90 Å². The van der Waals surface area contributed by atoms with Crippen LogP contribution >= 0.6 is 11.6 Å². The maximum absolute atomic E-state index is 12.2. The summed E-state index contributed by atoms with van der Waals surface area (Å²) in [6.07, 6.45) is 3.22. The highest BCUT2D eigenvalue weighted by Gasteiger charge is 2.25. The Labute approximate surface area is 157 Å². The molecule has 0 aliphatic heterocycles. The van der Waals surface area contributed by atoms with Crippen LogP contribution in [0.4, 0.5) is 4.79 Å². The largest absolute Gasteiger partial charge is 0.520 e. The number of carbonyl (C=O) groups is 1. The molecular formula is C18H11ClN4O4. The van der Waals surface area contributed by atoms with Crippen molar-refractivity contribution in [2.75, 3.05) is 0 Å². The molecule has 27 heavy (non-hydrogen) atoms. The van der Waals surface area contributed by atoms with E-state index in [0.717, 1.165) is 0 Å². The summed E-state index contributed by atoms with van der Waals surface area (Å²) in [5, 5.41) is 11.0. The van der Waals surface area contributed by atoms with Crippen molar-refractivity contribution in [2.24, 2.45) is 0 Å². The smallest absolute Gasteiger partial charge is 0.493 e. The van der Waals surface area contributed by atoms with E-state index in [2.05, 4.69) is 15.0 Å². The highest BCUT2D eigenvalue weighted by atomic mass is 35.5. The lowest BCUT2D eigenvalue weighted by Gasteiger charge is -2.09. The van der Waals surface area contributed by atoms with Gasteiger partial charge < -0.3 is 14.6 Å². The minimum Gasteiger partial charge on any atom is -0.493 e. The summed E-state index contributed by atoms with van der Waals surface area (Å²) in [6, 6.07) is 11.6.